The predicted octanol–water partition coefficient (Wildman–Crippen LogP) is 4.33. The van der Waals surface area contributed by atoms with Gasteiger partial charge in [-0.1, -0.05) is 19.9 Å². The van der Waals surface area contributed by atoms with Crippen molar-refractivity contribution in [1.82, 2.24) is 0 Å². The summed E-state index contributed by atoms with van der Waals surface area (Å²) >= 11 is 3.67. The standard InChI is InChI=1S/C12H18S2/c1-9(2)7-10-5-6-11(13-3)12(8-10)14-4/h5-6,8-9H,7H2,1-4H3. The second-order valence-corrected chi connectivity index (χ2v) is 5.48. The summed E-state index contributed by atoms with van der Waals surface area (Å²) in [6.07, 6.45) is 5.47. The average molecular weight is 226 g/mol. The molecular weight excluding hydrogens is 208 g/mol. The van der Waals surface area contributed by atoms with Crippen molar-refractivity contribution in [3.63, 3.8) is 0 Å². The first-order valence-electron chi connectivity index (χ1n) is 4.88. The zero-order chi connectivity index (χ0) is 10.6. The summed E-state index contributed by atoms with van der Waals surface area (Å²) < 4.78 is 0. The molecule has 78 valence electrons. The van der Waals surface area contributed by atoms with Crippen LogP contribution in [0.3, 0.4) is 0 Å². The van der Waals surface area contributed by atoms with E-state index in [1.54, 1.807) is 0 Å². The van der Waals surface area contributed by atoms with Gasteiger partial charge in [-0.05, 0) is 42.5 Å². The molecule has 0 saturated heterocycles. The summed E-state index contributed by atoms with van der Waals surface area (Å²) in [5.74, 6) is 0.741. The van der Waals surface area contributed by atoms with E-state index in [1.165, 1.54) is 21.8 Å². The zero-order valence-corrected chi connectivity index (χ0v) is 11.0. The van der Waals surface area contributed by atoms with E-state index in [0.29, 0.717) is 0 Å². The maximum atomic E-state index is 2.33. The molecular formula is C12H18S2. The van der Waals surface area contributed by atoms with Crippen molar-refractivity contribution in [2.75, 3.05) is 12.5 Å². The Kier molecular flexibility index (Phi) is 4.90. The van der Waals surface area contributed by atoms with Gasteiger partial charge >= 0.3 is 0 Å². The molecule has 14 heavy (non-hydrogen) atoms. The molecule has 0 radical (unpaired) electrons. The van der Waals surface area contributed by atoms with Crippen molar-refractivity contribution < 1.29 is 0 Å². The number of hydrogen-bond acceptors (Lipinski definition) is 2. The molecule has 0 bridgehead atoms. The Morgan fingerprint density at radius 2 is 1.71 bits per heavy atom. The van der Waals surface area contributed by atoms with Gasteiger partial charge in [-0.15, -0.1) is 23.5 Å². The van der Waals surface area contributed by atoms with Crippen LogP contribution < -0.4 is 0 Å². The quantitative estimate of drug-likeness (QED) is 0.701. The summed E-state index contributed by atoms with van der Waals surface area (Å²) in [6.45, 7) is 4.53. The molecule has 1 aromatic carbocycles. The third kappa shape index (κ3) is 3.25. The monoisotopic (exact) mass is 226 g/mol. The maximum Gasteiger partial charge on any atom is 0.0208 e. The number of hydrogen-bond donors (Lipinski definition) is 0. The second kappa shape index (κ2) is 5.72. The third-order valence-electron chi connectivity index (χ3n) is 2.09. The predicted molar refractivity (Wildman–Crippen MR) is 68.5 cm³/mol. The van der Waals surface area contributed by atoms with Gasteiger partial charge in [0.05, 0.1) is 0 Å². The van der Waals surface area contributed by atoms with Crippen molar-refractivity contribution in [1.29, 1.82) is 0 Å². The fourth-order valence-electron chi connectivity index (χ4n) is 1.48. The topological polar surface area (TPSA) is 0 Å². The lowest BCUT2D eigenvalue weighted by atomic mass is 10.0. The van der Waals surface area contributed by atoms with Crippen LogP contribution in [-0.4, -0.2) is 12.5 Å². The Morgan fingerprint density at radius 3 is 2.21 bits per heavy atom. The van der Waals surface area contributed by atoms with Gasteiger partial charge in [-0.2, -0.15) is 0 Å². The molecule has 2 heteroatoms. The van der Waals surface area contributed by atoms with Gasteiger partial charge in [0.25, 0.3) is 0 Å². The Labute approximate surface area is 95.9 Å². The maximum absolute atomic E-state index is 2.33. The van der Waals surface area contributed by atoms with E-state index in [9.17, 15) is 0 Å². The van der Waals surface area contributed by atoms with E-state index < -0.39 is 0 Å². The smallest absolute Gasteiger partial charge is 0.0208 e. The Bertz CT molecular complexity index is 292. The molecule has 0 heterocycles. The molecule has 0 amide bonds. The van der Waals surface area contributed by atoms with Gasteiger partial charge in [-0.3, -0.25) is 0 Å². The molecule has 0 aromatic heterocycles. The van der Waals surface area contributed by atoms with Crippen LogP contribution in [0.1, 0.15) is 19.4 Å². The minimum Gasteiger partial charge on any atom is -0.128 e. The van der Waals surface area contributed by atoms with Crippen LogP contribution in [0.25, 0.3) is 0 Å². The van der Waals surface area contributed by atoms with Gasteiger partial charge < -0.3 is 0 Å². The summed E-state index contributed by atoms with van der Waals surface area (Å²) in [7, 11) is 0. The molecule has 0 N–H and O–H groups in total. The highest BCUT2D eigenvalue weighted by atomic mass is 32.2. The minimum absolute atomic E-state index is 0.741. The van der Waals surface area contributed by atoms with E-state index in [1.807, 2.05) is 23.5 Å². The van der Waals surface area contributed by atoms with Crippen molar-refractivity contribution in [2.24, 2.45) is 5.92 Å². The van der Waals surface area contributed by atoms with E-state index in [-0.39, 0.29) is 0 Å². The molecule has 0 unspecified atom stereocenters. The van der Waals surface area contributed by atoms with Crippen LogP contribution in [0.2, 0.25) is 0 Å². The molecule has 1 aromatic rings. The third-order valence-corrected chi connectivity index (χ3v) is 3.79. The van der Waals surface area contributed by atoms with Gasteiger partial charge in [0, 0.05) is 9.79 Å². The fraction of sp³-hybridized carbons (Fsp3) is 0.500. The highest BCUT2D eigenvalue weighted by Crippen LogP contribution is 2.29. The number of thioether (sulfide) groups is 2. The fourth-order valence-corrected chi connectivity index (χ4v) is 2.98. The van der Waals surface area contributed by atoms with Gasteiger partial charge in [-0.25, -0.2) is 0 Å². The Morgan fingerprint density at radius 1 is 1.07 bits per heavy atom. The molecule has 0 fully saturated rings. The van der Waals surface area contributed by atoms with E-state index in [4.69, 9.17) is 0 Å². The van der Waals surface area contributed by atoms with E-state index >= 15 is 0 Å². The summed E-state index contributed by atoms with van der Waals surface area (Å²) in [5.41, 5.74) is 1.46. The van der Waals surface area contributed by atoms with Crippen molar-refractivity contribution in [3.8, 4) is 0 Å². The highest BCUT2D eigenvalue weighted by molar-refractivity contribution is 8.01. The lowest BCUT2D eigenvalue weighted by molar-refractivity contribution is 0.646. The molecule has 0 nitrogen and oxygen atoms in total. The van der Waals surface area contributed by atoms with Crippen molar-refractivity contribution in [2.45, 2.75) is 30.1 Å². The average Bonchev–Trinajstić information content (AvgIpc) is 2.16. The van der Waals surface area contributed by atoms with Gasteiger partial charge in [0.1, 0.15) is 0 Å². The van der Waals surface area contributed by atoms with Crippen molar-refractivity contribution >= 4 is 23.5 Å². The van der Waals surface area contributed by atoms with Gasteiger partial charge in [0.2, 0.25) is 0 Å². The number of rotatable bonds is 4. The normalized spacial score (nSPS) is 10.9. The summed E-state index contributed by atoms with van der Waals surface area (Å²) in [5, 5.41) is 0. The Hall–Kier alpha value is -0.0800. The van der Waals surface area contributed by atoms with Crippen LogP contribution in [0.15, 0.2) is 28.0 Å². The zero-order valence-electron chi connectivity index (χ0n) is 9.33. The first-order valence-corrected chi connectivity index (χ1v) is 7.33. The lowest BCUT2D eigenvalue weighted by Crippen LogP contribution is -1.94. The van der Waals surface area contributed by atoms with E-state index in [0.717, 1.165) is 5.92 Å². The van der Waals surface area contributed by atoms with E-state index in [2.05, 4.69) is 44.6 Å². The van der Waals surface area contributed by atoms with Crippen molar-refractivity contribution in [3.05, 3.63) is 23.8 Å². The second-order valence-electron chi connectivity index (χ2n) is 3.79. The molecule has 0 aliphatic rings. The first-order chi connectivity index (χ1) is 6.67. The van der Waals surface area contributed by atoms with Crippen LogP contribution >= 0.6 is 23.5 Å². The van der Waals surface area contributed by atoms with Gasteiger partial charge in [0.15, 0.2) is 0 Å². The van der Waals surface area contributed by atoms with Crippen LogP contribution in [0.4, 0.5) is 0 Å². The molecule has 1 rings (SSSR count). The van der Waals surface area contributed by atoms with Crippen LogP contribution in [0, 0.1) is 5.92 Å². The molecule has 0 saturated carbocycles. The minimum atomic E-state index is 0.741. The lowest BCUT2D eigenvalue weighted by Gasteiger charge is -2.09. The molecule has 0 aliphatic heterocycles. The molecule has 0 spiro atoms. The SMILES string of the molecule is CSc1ccc(CC(C)C)cc1SC. The first kappa shape index (κ1) is 12.0. The van der Waals surface area contributed by atoms with Crippen LogP contribution in [0.5, 0.6) is 0 Å². The Balaban J connectivity index is 2.89. The molecule has 0 aliphatic carbocycles. The largest absolute Gasteiger partial charge is 0.128 e. The number of benzene rings is 1. The molecule has 0 atom stereocenters. The van der Waals surface area contributed by atoms with Crippen LogP contribution in [-0.2, 0) is 6.42 Å². The summed E-state index contributed by atoms with van der Waals surface area (Å²) in [6, 6.07) is 6.83. The summed E-state index contributed by atoms with van der Waals surface area (Å²) in [4.78, 5) is 2.81. The highest BCUT2D eigenvalue weighted by Gasteiger charge is 2.03.